The maximum Gasteiger partial charge on any atom is 0.220 e. The summed E-state index contributed by atoms with van der Waals surface area (Å²) < 4.78 is 0. The Hall–Kier alpha value is -5.89. The lowest BCUT2D eigenvalue weighted by Gasteiger charge is -2.35. The molecule has 0 aromatic heterocycles. The van der Waals surface area contributed by atoms with E-state index in [2.05, 4.69) is 149 Å². The van der Waals surface area contributed by atoms with Crippen molar-refractivity contribution in [2.75, 3.05) is 25.8 Å². The van der Waals surface area contributed by atoms with Gasteiger partial charge in [-0.2, -0.15) is 0 Å². The van der Waals surface area contributed by atoms with E-state index in [0.717, 1.165) is 51.1 Å². The number of carbonyl (C=O) groups is 4. The van der Waals surface area contributed by atoms with Gasteiger partial charge in [0.25, 0.3) is 0 Å². The van der Waals surface area contributed by atoms with Crippen LogP contribution < -0.4 is 54.2 Å². The van der Waals surface area contributed by atoms with E-state index < -0.39 is 12.8 Å². The van der Waals surface area contributed by atoms with E-state index >= 15 is 0 Å². The van der Waals surface area contributed by atoms with Crippen LogP contribution in [0.1, 0.15) is 119 Å². The van der Waals surface area contributed by atoms with Crippen molar-refractivity contribution in [1.29, 1.82) is 0 Å². The van der Waals surface area contributed by atoms with E-state index in [-0.39, 0.29) is 60.2 Å². The van der Waals surface area contributed by atoms with Gasteiger partial charge in [-0.1, -0.05) is 184 Å². The minimum atomic E-state index is -1.81. The Morgan fingerprint density at radius 3 is 0.919 bits per heavy atom. The topological polar surface area (TPSA) is 116 Å². The molecule has 0 aliphatic heterocycles. The Kier molecular flexibility index (Phi) is 27.0. The first-order valence-electron chi connectivity index (χ1n) is 27.1. The highest BCUT2D eigenvalue weighted by molar-refractivity contribution is 7.95. The third-order valence-corrected chi connectivity index (χ3v) is 18.4. The van der Waals surface area contributed by atoms with Crippen LogP contribution >= 0.6 is 7.26 Å². The summed E-state index contributed by atoms with van der Waals surface area (Å²) in [5.41, 5.74) is 2.37. The summed E-state index contributed by atoms with van der Waals surface area (Å²) >= 11 is 0. The third-order valence-electron chi connectivity index (χ3n) is 13.9. The first-order chi connectivity index (χ1) is 35.8. The second kappa shape index (κ2) is 33.8. The molecular formula is C64H80BrN4O4P. The zero-order valence-electron chi connectivity index (χ0n) is 43.5. The predicted octanol–water partition coefficient (Wildman–Crippen LogP) is 8.16. The number of nitrogens with one attached hydrogen (secondary N) is 4. The minimum Gasteiger partial charge on any atom is -1.00 e. The molecule has 0 saturated heterocycles. The largest absolute Gasteiger partial charge is 1.00 e. The number of unbranched alkanes of at least 4 members (excludes halogenated alkanes) is 8. The smallest absolute Gasteiger partial charge is 0.220 e. The monoisotopic (exact) mass is 1080 g/mol. The van der Waals surface area contributed by atoms with Crippen LogP contribution in [-0.2, 0) is 38.4 Å². The van der Waals surface area contributed by atoms with Gasteiger partial charge in [0.15, 0.2) is 0 Å². The molecule has 6 aromatic carbocycles. The molecule has 8 nitrogen and oxygen atoms in total. The Labute approximate surface area is 453 Å². The molecule has 0 fully saturated rings. The molecule has 392 valence electrons. The van der Waals surface area contributed by atoms with Crippen molar-refractivity contribution in [2.24, 2.45) is 0 Å². The quantitative estimate of drug-likeness (QED) is 0.0241. The average molecular weight is 1080 g/mol. The van der Waals surface area contributed by atoms with Gasteiger partial charge < -0.3 is 38.2 Å². The first-order valence-corrected chi connectivity index (χ1v) is 29.1. The Morgan fingerprint density at radius 1 is 0.324 bits per heavy atom. The Bertz CT molecular complexity index is 2240. The Morgan fingerprint density at radius 2 is 0.595 bits per heavy atom. The van der Waals surface area contributed by atoms with Crippen LogP contribution in [0.2, 0.25) is 0 Å². The molecule has 4 amide bonds. The molecule has 0 unspecified atom stereocenters. The number of benzene rings is 6. The fraction of sp³-hybridized carbons (Fsp3) is 0.375. The van der Waals surface area contributed by atoms with E-state index in [1.165, 1.54) is 64.7 Å². The highest BCUT2D eigenvalue weighted by Crippen LogP contribution is 2.56. The molecule has 0 aliphatic carbocycles. The SMILES string of the molecule is O=C(CCCc1ccccc1)NCC(CNC(=O)CCCc1ccccc1)(CNC(=O)CCCc1ccccc1)NC(=O)CCCCCCCCCCC[P+](c1ccccc1)(c1ccccc1)c1ccccc1.[Br-]. The van der Waals surface area contributed by atoms with Gasteiger partial charge in [-0.05, 0) is 111 Å². The van der Waals surface area contributed by atoms with Crippen molar-refractivity contribution < 1.29 is 36.2 Å². The summed E-state index contributed by atoms with van der Waals surface area (Å²) in [6.07, 6.45) is 16.6. The van der Waals surface area contributed by atoms with Crippen LogP contribution in [0.4, 0.5) is 0 Å². The van der Waals surface area contributed by atoms with Crippen molar-refractivity contribution >= 4 is 46.8 Å². The van der Waals surface area contributed by atoms with Crippen LogP contribution in [0.25, 0.3) is 0 Å². The summed E-state index contributed by atoms with van der Waals surface area (Å²) in [6.45, 7) is 0.182. The summed E-state index contributed by atoms with van der Waals surface area (Å²) in [5, 5.41) is 16.8. The zero-order valence-corrected chi connectivity index (χ0v) is 46.0. The highest BCUT2D eigenvalue weighted by atomic mass is 79.9. The van der Waals surface area contributed by atoms with Gasteiger partial charge in [0.2, 0.25) is 23.6 Å². The molecule has 0 saturated carbocycles. The standard InChI is InChI=1S/C64H79N4O4P.BrH/c69-60(47-28-37-54-31-14-8-15-32-54)65-51-64(52-66-61(70)48-29-38-55-33-16-9-17-34-55,53-67-62(71)49-30-39-56-35-18-10-19-36-56)68-63(72)46-26-6-4-2-1-3-5-7-27-50-73(57-40-20-11-21-41-57,58-42-22-12-23-43-58)59-44-24-13-25-45-59;/h8-25,31-36,40-45H,1-7,26-30,37-39,46-53H2,(H3-,65,66,67,68,69,70,71,72);1H. The number of carbonyl (C=O) groups excluding carboxylic acids is 4. The second-order valence-corrected chi connectivity index (χ2v) is 23.3. The minimum absolute atomic E-state index is 0. The van der Waals surface area contributed by atoms with Gasteiger partial charge in [0.05, 0.1) is 11.7 Å². The van der Waals surface area contributed by atoms with Crippen LogP contribution in [-0.4, -0.2) is 55.0 Å². The van der Waals surface area contributed by atoms with Crippen LogP contribution in [0.15, 0.2) is 182 Å². The molecule has 4 N–H and O–H groups in total. The van der Waals surface area contributed by atoms with Gasteiger partial charge in [0.1, 0.15) is 23.2 Å². The van der Waals surface area contributed by atoms with Gasteiger partial charge >= 0.3 is 0 Å². The fourth-order valence-corrected chi connectivity index (χ4v) is 14.2. The summed E-state index contributed by atoms with van der Waals surface area (Å²) in [6, 6.07) is 63.7. The predicted molar refractivity (Wildman–Crippen MR) is 304 cm³/mol. The number of halogens is 1. The average Bonchev–Trinajstić information content (AvgIpc) is 3.43. The first kappa shape index (κ1) is 59.0. The summed E-state index contributed by atoms with van der Waals surface area (Å²) in [5.74, 6) is -0.576. The second-order valence-electron chi connectivity index (χ2n) is 19.6. The van der Waals surface area contributed by atoms with E-state index in [4.69, 9.17) is 0 Å². The molecule has 0 radical (unpaired) electrons. The molecular weight excluding hydrogens is 1000 g/mol. The maximum absolute atomic E-state index is 13.9. The van der Waals surface area contributed by atoms with Crippen molar-refractivity contribution in [1.82, 2.24) is 21.3 Å². The molecule has 0 heterocycles. The van der Waals surface area contributed by atoms with Crippen LogP contribution in [0.3, 0.4) is 0 Å². The number of hydrogen-bond acceptors (Lipinski definition) is 4. The number of aryl methyl sites for hydroxylation is 3. The zero-order chi connectivity index (χ0) is 51.1. The van der Waals surface area contributed by atoms with E-state index in [9.17, 15) is 19.2 Å². The van der Waals surface area contributed by atoms with Crippen molar-refractivity contribution in [2.45, 2.75) is 128 Å². The normalized spacial score (nSPS) is 11.2. The molecule has 6 aromatic rings. The van der Waals surface area contributed by atoms with Crippen molar-refractivity contribution in [3.63, 3.8) is 0 Å². The molecule has 0 bridgehead atoms. The lowest BCUT2D eigenvalue weighted by atomic mass is 9.97. The van der Waals surface area contributed by atoms with Crippen molar-refractivity contribution in [3.05, 3.63) is 199 Å². The van der Waals surface area contributed by atoms with Crippen LogP contribution in [0.5, 0.6) is 0 Å². The molecule has 0 aliphatic rings. The molecule has 74 heavy (non-hydrogen) atoms. The highest BCUT2D eigenvalue weighted by Gasteiger charge is 2.44. The number of rotatable bonds is 34. The van der Waals surface area contributed by atoms with Gasteiger partial charge in [-0.25, -0.2) is 0 Å². The molecule has 0 spiro atoms. The van der Waals surface area contributed by atoms with Gasteiger partial charge in [-0.15, -0.1) is 0 Å². The van der Waals surface area contributed by atoms with Crippen molar-refractivity contribution in [3.8, 4) is 0 Å². The summed E-state index contributed by atoms with van der Waals surface area (Å²) in [4.78, 5) is 54.0. The third kappa shape index (κ3) is 20.8. The van der Waals surface area contributed by atoms with Gasteiger partial charge in [0, 0.05) is 45.3 Å². The molecule has 0 atom stereocenters. The van der Waals surface area contributed by atoms with Gasteiger partial charge in [-0.3, -0.25) is 19.2 Å². The van der Waals surface area contributed by atoms with E-state index in [0.29, 0.717) is 44.9 Å². The molecule has 6 rings (SSSR count). The van der Waals surface area contributed by atoms with E-state index in [1.807, 2.05) is 54.6 Å². The fourth-order valence-electron chi connectivity index (χ4n) is 9.79. The number of hydrogen-bond donors (Lipinski definition) is 4. The molecule has 10 heteroatoms. The lowest BCUT2D eigenvalue weighted by molar-refractivity contribution is -0.126. The number of amides is 4. The van der Waals surface area contributed by atoms with Crippen LogP contribution in [0, 0.1) is 0 Å². The lowest BCUT2D eigenvalue weighted by Crippen LogP contribution is -3.00. The summed E-state index contributed by atoms with van der Waals surface area (Å²) in [7, 11) is -1.81. The maximum atomic E-state index is 13.9. The Balaban J connectivity index is 0.0000101. The van der Waals surface area contributed by atoms with E-state index in [1.54, 1.807) is 0 Å².